The van der Waals surface area contributed by atoms with E-state index in [9.17, 15) is 10.1 Å². The van der Waals surface area contributed by atoms with Crippen LogP contribution < -0.4 is 4.90 Å². The highest BCUT2D eigenvalue weighted by molar-refractivity contribution is 6.31. The second-order valence-corrected chi connectivity index (χ2v) is 8.14. The molecule has 0 N–H and O–H groups in total. The van der Waals surface area contributed by atoms with Gasteiger partial charge in [0.1, 0.15) is 17.6 Å². The number of carbonyl (C=O) groups excluding carboxylic acids is 1. The van der Waals surface area contributed by atoms with Crippen LogP contribution in [-0.2, 0) is 11.3 Å². The predicted molar refractivity (Wildman–Crippen MR) is 122 cm³/mol. The van der Waals surface area contributed by atoms with Gasteiger partial charge >= 0.3 is 6.09 Å². The van der Waals surface area contributed by atoms with Crippen LogP contribution in [0.5, 0.6) is 0 Å². The number of nitriles is 1. The molecule has 1 aromatic carbocycles. The van der Waals surface area contributed by atoms with Gasteiger partial charge in [0.15, 0.2) is 0 Å². The molecule has 32 heavy (non-hydrogen) atoms. The lowest BCUT2D eigenvalue weighted by Crippen LogP contribution is -2.55. The second-order valence-electron chi connectivity index (χ2n) is 7.45. The Kier molecular flexibility index (Phi) is 6.58. The topological polar surface area (TPSA) is 95.2 Å². The van der Waals surface area contributed by atoms with Gasteiger partial charge in [0.05, 0.1) is 29.4 Å². The third-order valence-corrected chi connectivity index (χ3v) is 5.97. The molecule has 1 atom stereocenters. The summed E-state index contributed by atoms with van der Waals surface area (Å²) in [4.78, 5) is 29.3. The van der Waals surface area contributed by atoms with Gasteiger partial charge in [0.2, 0.25) is 5.28 Å². The molecule has 0 spiro atoms. The summed E-state index contributed by atoms with van der Waals surface area (Å²) < 4.78 is 5.49. The lowest BCUT2D eigenvalue weighted by molar-refractivity contribution is 0.0768. The monoisotopic (exact) mass is 470 g/mol. The molecule has 164 valence electrons. The zero-order chi connectivity index (χ0) is 22.7. The number of pyridine rings is 1. The van der Waals surface area contributed by atoms with Crippen molar-refractivity contribution in [3.05, 3.63) is 58.1 Å². The summed E-state index contributed by atoms with van der Waals surface area (Å²) in [5, 5.41) is 10.5. The molecule has 0 unspecified atom stereocenters. The smallest absolute Gasteiger partial charge is 0.410 e. The minimum absolute atomic E-state index is 0.0967. The lowest BCUT2D eigenvalue weighted by atomic mass is 10.1. The van der Waals surface area contributed by atoms with Crippen LogP contribution in [0.25, 0.3) is 10.9 Å². The molecule has 1 fully saturated rings. The Bertz CT molecular complexity index is 1180. The quantitative estimate of drug-likeness (QED) is 0.412. The minimum atomic E-state index is -0.441. The molecular formula is C22H20Cl2N6O2. The molecule has 4 rings (SSSR count). The highest BCUT2D eigenvalue weighted by Gasteiger charge is 2.33. The lowest BCUT2D eigenvalue weighted by Gasteiger charge is -2.40. The fourth-order valence-corrected chi connectivity index (χ4v) is 4.07. The van der Waals surface area contributed by atoms with E-state index in [0.29, 0.717) is 47.1 Å². The van der Waals surface area contributed by atoms with Gasteiger partial charge in [-0.15, -0.1) is 0 Å². The zero-order valence-corrected chi connectivity index (χ0v) is 18.8. The van der Waals surface area contributed by atoms with E-state index in [-0.39, 0.29) is 24.4 Å². The van der Waals surface area contributed by atoms with Gasteiger partial charge in [-0.25, -0.2) is 14.8 Å². The highest BCUT2D eigenvalue weighted by Crippen LogP contribution is 2.31. The van der Waals surface area contributed by atoms with E-state index in [1.165, 1.54) is 0 Å². The van der Waals surface area contributed by atoms with Crippen LogP contribution in [0, 0.1) is 18.3 Å². The van der Waals surface area contributed by atoms with E-state index in [0.717, 1.165) is 5.56 Å². The molecule has 0 aliphatic carbocycles. The second kappa shape index (κ2) is 9.55. The van der Waals surface area contributed by atoms with Crippen molar-refractivity contribution in [1.29, 1.82) is 5.26 Å². The molecule has 10 heteroatoms. The third-order valence-electron chi connectivity index (χ3n) is 5.42. The number of fused-ring (bicyclic) bond motifs is 1. The summed E-state index contributed by atoms with van der Waals surface area (Å²) in [7, 11) is 0. The van der Waals surface area contributed by atoms with E-state index >= 15 is 0 Å². The number of anilines is 1. The number of aromatic nitrogens is 3. The Morgan fingerprint density at radius 2 is 2.03 bits per heavy atom. The van der Waals surface area contributed by atoms with Crippen molar-refractivity contribution in [3.8, 4) is 6.07 Å². The van der Waals surface area contributed by atoms with Crippen LogP contribution >= 0.6 is 23.2 Å². The van der Waals surface area contributed by atoms with Gasteiger partial charge in [0, 0.05) is 31.4 Å². The summed E-state index contributed by atoms with van der Waals surface area (Å²) >= 11 is 12.3. The van der Waals surface area contributed by atoms with Gasteiger partial charge in [-0.05, 0) is 24.1 Å². The number of hydrogen-bond acceptors (Lipinski definition) is 7. The Morgan fingerprint density at radius 3 is 2.78 bits per heavy atom. The number of amides is 1. The van der Waals surface area contributed by atoms with Crippen molar-refractivity contribution < 1.29 is 9.53 Å². The summed E-state index contributed by atoms with van der Waals surface area (Å²) in [5.41, 5.74) is 2.24. The van der Waals surface area contributed by atoms with Crippen LogP contribution in [0.15, 0.2) is 36.5 Å². The van der Waals surface area contributed by atoms with Crippen LogP contribution in [-0.4, -0.2) is 51.6 Å². The maximum Gasteiger partial charge on any atom is 0.410 e. The van der Waals surface area contributed by atoms with Crippen molar-refractivity contribution in [2.45, 2.75) is 26.0 Å². The minimum Gasteiger partial charge on any atom is -0.445 e. The SMILES string of the molecule is Cc1c(Cl)ncc2c(N3CCN(C(=O)OCc4ccccc4)[C@@H](CC#N)C3)nc(Cl)nc12. The summed E-state index contributed by atoms with van der Waals surface area (Å²) in [6.45, 7) is 3.27. The van der Waals surface area contributed by atoms with Gasteiger partial charge in [-0.3, -0.25) is 0 Å². The van der Waals surface area contributed by atoms with E-state index in [1.54, 1.807) is 11.1 Å². The van der Waals surface area contributed by atoms with Crippen molar-refractivity contribution in [3.63, 3.8) is 0 Å². The maximum atomic E-state index is 12.8. The van der Waals surface area contributed by atoms with Crippen LogP contribution in [0.1, 0.15) is 17.5 Å². The number of halogens is 2. The van der Waals surface area contributed by atoms with E-state index < -0.39 is 6.09 Å². The van der Waals surface area contributed by atoms with Crippen LogP contribution in [0.2, 0.25) is 10.4 Å². The molecule has 2 aromatic heterocycles. The zero-order valence-electron chi connectivity index (χ0n) is 17.3. The Morgan fingerprint density at radius 1 is 1.25 bits per heavy atom. The average Bonchev–Trinajstić information content (AvgIpc) is 2.80. The fraction of sp³-hybridized carbons (Fsp3) is 0.318. The Hall–Kier alpha value is -3.15. The van der Waals surface area contributed by atoms with E-state index in [4.69, 9.17) is 27.9 Å². The number of ether oxygens (including phenoxy) is 1. The van der Waals surface area contributed by atoms with Gasteiger partial charge < -0.3 is 14.5 Å². The van der Waals surface area contributed by atoms with Gasteiger partial charge in [0.25, 0.3) is 0 Å². The first kappa shape index (κ1) is 22.1. The first-order valence-electron chi connectivity index (χ1n) is 10.1. The molecular weight excluding hydrogens is 451 g/mol. The molecule has 1 aliphatic rings. The Balaban J connectivity index is 1.55. The normalized spacial score (nSPS) is 16.1. The highest BCUT2D eigenvalue weighted by atomic mass is 35.5. The molecule has 3 aromatic rings. The van der Waals surface area contributed by atoms with Crippen molar-refractivity contribution in [2.24, 2.45) is 0 Å². The first-order valence-corrected chi connectivity index (χ1v) is 10.8. The van der Waals surface area contributed by atoms with E-state index in [1.807, 2.05) is 42.2 Å². The van der Waals surface area contributed by atoms with Gasteiger partial charge in [-0.2, -0.15) is 10.2 Å². The number of aryl methyl sites for hydroxylation is 1. The number of hydrogen-bond donors (Lipinski definition) is 0. The molecule has 3 heterocycles. The number of piperazine rings is 1. The predicted octanol–water partition coefficient (Wildman–Crippen LogP) is 4.38. The van der Waals surface area contributed by atoms with Gasteiger partial charge in [-0.1, -0.05) is 41.9 Å². The maximum absolute atomic E-state index is 12.8. The molecule has 8 nitrogen and oxygen atoms in total. The molecule has 1 aliphatic heterocycles. The summed E-state index contributed by atoms with van der Waals surface area (Å²) in [6.07, 6.45) is 1.34. The third kappa shape index (κ3) is 4.54. The number of rotatable bonds is 4. The average molecular weight is 471 g/mol. The summed E-state index contributed by atoms with van der Waals surface area (Å²) in [6, 6.07) is 11.3. The number of nitrogens with zero attached hydrogens (tertiary/aromatic N) is 6. The molecule has 0 bridgehead atoms. The molecule has 1 amide bonds. The van der Waals surface area contributed by atoms with Crippen molar-refractivity contribution >= 4 is 46.0 Å². The van der Waals surface area contributed by atoms with Crippen LogP contribution in [0.4, 0.5) is 10.6 Å². The standard InChI is InChI=1S/C22H20Cl2N6O2/c1-14-18-17(11-26-19(14)23)20(28-21(24)27-18)29-9-10-30(16(12-29)7-8-25)22(31)32-13-15-5-3-2-4-6-15/h2-6,11,16H,7,9-10,12-13H2,1H3/t16-/m0/s1. The molecule has 0 saturated carbocycles. The van der Waals surface area contributed by atoms with Crippen molar-refractivity contribution in [2.75, 3.05) is 24.5 Å². The first-order chi connectivity index (χ1) is 15.5. The van der Waals surface area contributed by atoms with E-state index in [2.05, 4.69) is 21.0 Å². The largest absolute Gasteiger partial charge is 0.445 e. The number of carbonyl (C=O) groups is 1. The Labute approximate surface area is 195 Å². The summed E-state index contributed by atoms with van der Waals surface area (Å²) in [5.74, 6) is 0.604. The molecule has 1 saturated heterocycles. The van der Waals surface area contributed by atoms with Crippen LogP contribution in [0.3, 0.4) is 0 Å². The van der Waals surface area contributed by atoms with Crippen molar-refractivity contribution in [1.82, 2.24) is 19.9 Å². The fourth-order valence-electron chi connectivity index (χ4n) is 3.76. The number of benzene rings is 1. The molecule has 0 radical (unpaired) electrons.